The first kappa shape index (κ1) is 18.1. The number of anilines is 1. The van der Waals surface area contributed by atoms with Crippen LogP contribution in [-0.4, -0.2) is 16.0 Å². The Labute approximate surface area is 145 Å². The molecule has 0 aliphatic heterocycles. The van der Waals surface area contributed by atoms with Gasteiger partial charge in [0.05, 0.1) is 22.7 Å². The van der Waals surface area contributed by atoms with Gasteiger partial charge in [0.2, 0.25) is 5.91 Å². The van der Waals surface area contributed by atoms with Gasteiger partial charge in [-0.1, -0.05) is 6.07 Å². The van der Waals surface area contributed by atoms with E-state index in [1.807, 2.05) is 6.92 Å². The highest BCUT2D eigenvalue weighted by Gasteiger charge is 2.30. The molecular weight excluding hydrogens is 361 g/mol. The molecule has 1 aromatic carbocycles. The first-order valence-corrected chi connectivity index (χ1v) is 7.97. The Bertz CT molecular complexity index is 746. The van der Waals surface area contributed by atoms with Crippen molar-refractivity contribution in [2.24, 2.45) is 0 Å². The highest BCUT2D eigenvalue weighted by Crippen LogP contribution is 2.30. The molecule has 0 aliphatic rings. The van der Waals surface area contributed by atoms with Crippen molar-refractivity contribution in [3.05, 3.63) is 45.9 Å². The number of hydrogen-bond donors (Lipinski definition) is 3. The van der Waals surface area contributed by atoms with E-state index in [0.29, 0.717) is 5.69 Å². The average molecular weight is 374 g/mol. The first-order chi connectivity index (χ1) is 11.2. The van der Waals surface area contributed by atoms with E-state index in [0.717, 1.165) is 17.1 Å². The standard InChI is InChI=1S/C14H13F3N4OS2/c1-8-18-11(7-24-8)6-12(22)20-21-13(23)19-10-4-2-3-9(5-10)14(15,16)17/h2-5,7H,6H2,1H3,(H,20,22)(H2,19,21,23). The molecule has 0 radical (unpaired) electrons. The maximum atomic E-state index is 12.6. The van der Waals surface area contributed by atoms with E-state index in [2.05, 4.69) is 21.2 Å². The number of nitrogens with one attached hydrogen (secondary N) is 3. The summed E-state index contributed by atoms with van der Waals surface area (Å²) in [4.78, 5) is 15.9. The molecule has 0 aliphatic carbocycles. The summed E-state index contributed by atoms with van der Waals surface area (Å²) in [5.74, 6) is -0.367. The Morgan fingerprint density at radius 1 is 1.33 bits per heavy atom. The quantitative estimate of drug-likeness (QED) is 0.569. The molecule has 1 aromatic heterocycles. The molecule has 0 saturated heterocycles. The number of aromatic nitrogens is 1. The van der Waals surface area contributed by atoms with Gasteiger partial charge in [-0.25, -0.2) is 4.98 Å². The molecule has 2 aromatic rings. The molecule has 1 amide bonds. The number of thiocarbonyl (C=S) groups is 1. The molecular formula is C14H13F3N4OS2. The lowest BCUT2D eigenvalue weighted by Crippen LogP contribution is -2.44. The number of rotatable bonds is 3. The number of nitrogens with zero attached hydrogens (tertiary/aromatic N) is 1. The van der Waals surface area contributed by atoms with E-state index < -0.39 is 11.7 Å². The van der Waals surface area contributed by atoms with Crippen molar-refractivity contribution in [3.63, 3.8) is 0 Å². The summed E-state index contributed by atoms with van der Waals surface area (Å²) in [6.07, 6.45) is -4.36. The van der Waals surface area contributed by atoms with Gasteiger partial charge in [0.25, 0.3) is 0 Å². The van der Waals surface area contributed by atoms with E-state index in [9.17, 15) is 18.0 Å². The van der Waals surface area contributed by atoms with Crippen LogP contribution in [0.3, 0.4) is 0 Å². The van der Waals surface area contributed by atoms with Crippen molar-refractivity contribution in [1.82, 2.24) is 15.8 Å². The van der Waals surface area contributed by atoms with Gasteiger partial charge in [0.1, 0.15) is 0 Å². The molecule has 0 bridgehead atoms. The Morgan fingerprint density at radius 2 is 2.08 bits per heavy atom. The highest BCUT2D eigenvalue weighted by molar-refractivity contribution is 7.80. The molecule has 0 unspecified atom stereocenters. The van der Waals surface area contributed by atoms with E-state index >= 15 is 0 Å². The molecule has 10 heteroatoms. The SMILES string of the molecule is Cc1nc(CC(=O)NNC(=S)Nc2cccc(C(F)(F)F)c2)cs1. The van der Waals surface area contributed by atoms with Crippen LogP contribution in [0.2, 0.25) is 0 Å². The number of carbonyl (C=O) groups is 1. The maximum absolute atomic E-state index is 12.6. The Balaban J connectivity index is 1.84. The third-order valence-corrected chi connectivity index (χ3v) is 3.80. The van der Waals surface area contributed by atoms with Crippen LogP contribution in [0.15, 0.2) is 29.6 Å². The number of thiazole rings is 1. The lowest BCUT2D eigenvalue weighted by atomic mass is 10.2. The normalized spacial score (nSPS) is 11.0. The zero-order chi connectivity index (χ0) is 17.7. The Morgan fingerprint density at radius 3 is 2.71 bits per heavy atom. The van der Waals surface area contributed by atoms with Crippen molar-refractivity contribution in [1.29, 1.82) is 0 Å². The highest BCUT2D eigenvalue weighted by atomic mass is 32.1. The first-order valence-electron chi connectivity index (χ1n) is 6.68. The smallest absolute Gasteiger partial charge is 0.331 e. The summed E-state index contributed by atoms with van der Waals surface area (Å²) in [6, 6.07) is 4.58. The zero-order valence-corrected chi connectivity index (χ0v) is 14.0. The van der Waals surface area contributed by atoms with Crippen molar-refractivity contribution in [3.8, 4) is 0 Å². The number of carbonyl (C=O) groups excluding carboxylic acids is 1. The van der Waals surface area contributed by atoms with Crippen molar-refractivity contribution in [2.45, 2.75) is 19.5 Å². The number of halogens is 3. The molecule has 0 atom stereocenters. The molecule has 5 nitrogen and oxygen atoms in total. The van der Waals surface area contributed by atoms with Gasteiger partial charge in [0.15, 0.2) is 5.11 Å². The molecule has 24 heavy (non-hydrogen) atoms. The van der Waals surface area contributed by atoms with Crippen molar-refractivity contribution in [2.75, 3.05) is 5.32 Å². The Hall–Kier alpha value is -2.20. The second-order valence-corrected chi connectivity index (χ2v) is 6.21. The summed E-state index contributed by atoms with van der Waals surface area (Å²) in [5.41, 5.74) is 4.78. The fourth-order valence-corrected chi connectivity index (χ4v) is 2.54. The molecule has 128 valence electrons. The molecule has 3 N–H and O–H groups in total. The van der Waals surface area contributed by atoms with Gasteiger partial charge >= 0.3 is 6.18 Å². The van der Waals surface area contributed by atoms with Crippen molar-refractivity contribution < 1.29 is 18.0 Å². The number of hydrazine groups is 1. The topological polar surface area (TPSA) is 66.0 Å². The van der Waals surface area contributed by atoms with Crippen LogP contribution in [0.1, 0.15) is 16.3 Å². The minimum absolute atomic E-state index is 0.0304. The van der Waals surface area contributed by atoms with Crippen LogP contribution in [-0.2, 0) is 17.4 Å². The van der Waals surface area contributed by atoms with E-state index in [4.69, 9.17) is 12.2 Å². The summed E-state index contributed by atoms with van der Waals surface area (Å²) in [6.45, 7) is 1.83. The van der Waals surface area contributed by atoms with Gasteiger partial charge in [0, 0.05) is 11.1 Å². The number of amides is 1. The van der Waals surface area contributed by atoms with E-state index in [-0.39, 0.29) is 23.1 Å². The monoisotopic (exact) mass is 374 g/mol. The van der Waals surface area contributed by atoms with Gasteiger partial charge in [-0.2, -0.15) is 13.2 Å². The van der Waals surface area contributed by atoms with Crippen LogP contribution in [0, 0.1) is 6.92 Å². The van der Waals surface area contributed by atoms with Gasteiger partial charge < -0.3 is 5.32 Å². The minimum atomic E-state index is -4.44. The molecule has 0 saturated carbocycles. The predicted molar refractivity (Wildman–Crippen MR) is 89.5 cm³/mol. The lowest BCUT2D eigenvalue weighted by molar-refractivity contribution is -0.137. The summed E-state index contributed by atoms with van der Waals surface area (Å²) < 4.78 is 37.9. The van der Waals surface area contributed by atoms with Gasteiger partial charge in [-0.3, -0.25) is 15.6 Å². The number of alkyl halides is 3. The largest absolute Gasteiger partial charge is 0.416 e. The fourth-order valence-electron chi connectivity index (χ4n) is 1.76. The van der Waals surface area contributed by atoms with Crippen LogP contribution in [0.4, 0.5) is 18.9 Å². The van der Waals surface area contributed by atoms with E-state index in [1.54, 1.807) is 5.38 Å². The van der Waals surface area contributed by atoms with Gasteiger partial charge in [-0.05, 0) is 37.3 Å². The lowest BCUT2D eigenvalue weighted by Gasteiger charge is -2.13. The predicted octanol–water partition coefficient (Wildman–Crippen LogP) is 3.03. The molecule has 0 spiro atoms. The molecule has 1 heterocycles. The zero-order valence-electron chi connectivity index (χ0n) is 12.4. The second kappa shape index (κ2) is 7.58. The summed E-state index contributed by atoms with van der Waals surface area (Å²) >= 11 is 6.36. The third kappa shape index (κ3) is 5.46. The number of hydrogen-bond acceptors (Lipinski definition) is 4. The van der Waals surface area contributed by atoms with Crippen LogP contribution < -0.4 is 16.2 Å². The summed E-state index contributed by atoms with van der Waals surface area (Å²) in [5, 5.41) is 5.17. The van der Waals surface area contributed by atoms with Crippen molar-refractivity contribution >= 4 is 40.3 Å². The van der Waals surface area contributed by atoms with Crippen LogP contribution in [0.5, 0.6) is 0 Å². The third-order valence-electron chi connectivity index (χ3n) is 2.77. The number of benzene rings is 1. The molecule has 2 rings (SSSR count). The Kier molecular flexibility index (Phi) is 5.73. The summed E-state index contributed by atoms with van der Waals surface area (Å²) in [7, 11) is 0. The second-order valence-electron chi connectivity index (χ2n) is 4.74. The van der Waals surface area contributed by atoms with E-state index in [1.165, 1.54) is 23.5 Å². The minimum Gasteiger partial charge on any atom is -0.331 e. The van der Waals surface area contributed by atoms with Crippen LogP contribution in [0.25, 0.3) is 0 Å². The average Bonchev–Trinajstić information content (AvgIpc) is 2.90. The maximum Gasteiger partial charge on any atom is 0.416 e. The fraction of sp³-hybridized carbons (Fsp3) is 0.214. The molecule has 0 fully saturated rings. The van der Waals surface area contributed by atoms with Crippen LogP contribution >= 0.6 is 23.6 Å². The van der Waals surface area contributed by atoms with Gasteiger partial charge in [-0.15, -0.1) is 11.3 Å². The number of aryl methyl sites for hydroxylation is 1.